The highest BCUT2D eigenvalue weighted by Crippen LogP contribution is 2.45. The van der Waals surface area contributed by atoms with Crippen molar-refractivity contribution in [1.29, 1.82) is 0 Å². The highest BCUT2D eigenvalue weighted by Gasteiger charge is 2.18. The Kier molecular flexibility index (Phi) is 4.27. The molecule has 0 radical (unpaired) electrons. The second kappa shape index (κ2) is 9.44. The number of benzene rings is 8. The average Bonchev–Trinajstić information content (AvgIpc) is 3.50. The SMILES string of the molecule is [2H]c1c([2H])c([2H])c(-c2ccc3cc(-c4c5ccccc5c(-c5ccc6c(c5)oc5ccccc56)c5ccccc45)ccc3c2)c([2H])c1[2H]. The fraction of sp³-hybridized carbons (Fsp3) is 0. The molecule has 0 spiro atoms. The van der Waals surface area contributed by atoms with Crippen LogP contribution in [0.4, 0.5) is 0 Å². The highest BCUT2D eigenvalue weighted by molar-refractivity contribution is 6.22. The molecule has 1 aromatic heterocycles. The monoisotopic (exact) mass is 551 g/mol. The van der Waals surface area contributed by atoms with Crippen LogP contribution in [0.5, 0.6) is 0 Å². The maximum absolute atomic E-state index is 8.45. The molecule has 0 aliphatic carbocycles. The molecule has 0 saturated carbocycles. The number of para-hydroxylation sites is 1. The van der Waals surface area contributed by atoms with Crippen LogP contribution in [0.1, 0.15) is 6.85 Å². The first-order valence-electron chi connectivity index (χ1n) is 16.9. The number of furan rings is 1. The smallest absolute Gasteiger partial charge is 0.136 e. The van der Waals surface area contributed by atoms with Gasteiger partial charge in [0.15, 0.2) is 0 Å². The fourth-order valence-corrected chi connectivity index (χ4v) is 6.58. The molecule has 8 aromatic carbocycles. The molecular formula is C42H26O. The summed E-state index contributed by atoms with van der Waals surface area (Å²) in [5.74, 6) is 0. The summed E-state index contributed by atoms with van der Waals surface area (Å²) in [6, 6.07) is 42.4. The lowest BCUT2D eigenvalue weighted by atomic mass is 9.85. The first-order valence-corrected chi connectivity index (χ1v) is 14.4. The summed E-state index contributed by atoms with van der Waals surface area (Å²) in [6.45, 7) is 0. The molecule has 1 nitrogen and oxygen atoms in total. The predicted octanol–water partition coefficient (Wildman–Crippen LogP) is 12.0. The minimum atomic E-state index is -0.389. The molecule has 1 heteroatoms. The fourth-order valence-electron chi connectivity index (χ4n) is 6.58. The van der Waals surface area contributed by atoms with E-state index in [-0.39, 0.29) is 35.8 Å². The first-order chi connectivity index (χ1) is 23.4. The van der Waals surface area contributed by atoms with Gasteiger partial charge in [0.1, 0.15) is 11.2 Å². The molecule has 1 heterocycles. The summed E-state index contributed by atoms with van der Waals surface area (Å²) in [5, 5.41) is 8.73. The summed E-state index contributed by atoms with van der Waals surface area (Å²) in [4.78, 5) is 0. The molecule has 0 aliphatic heterocycles. The van der Waals surface area contributed by atoms with E-state index in [2.05, 4.69) is 91.0 Å². The van der Waals surface area contributed by atoms with Gasteiger partial charge in [0.05, 0.1) is 6.85 Å². The zero-order valence-electron chi connectivity index (χ0n) is 28.0. The molecule has 0 amide bonds. The van der Waals surface area contributed by atoms with Gasteiger partial charge in [-0.3, -0.25) is 0 Å². The number of hydrogen-bond acceptors (Lipinski definition) is 1. The summed E-state index contributed by atoms with van der Waals surface area (Å²) < 4.78 is 47.4. The Hall–Kier alpha value is -5.66. The summed E-state index contributed by atoms with van der Waals surface area (Å²) >= 11 is 0. The third-order valence-electron chi connectivity index (χ3n) is 8.52. The zero-order valence-corrected chi connectivity index (χ0v) is 23.0. The molecule has 0 saturated heterocycles. The maximum Gasteiger partial charge on any atom is 0.136 e. The molecule has 0 atom stereocenters. The zero-order chi connectivity index (χ0) is 32.7. The van der Waals surface area contributed by atoms with E-state index in [0.29, 0.717) is 5.56 Å². The lowest BCUT2D eigenvalue weighted by Crippen LogP contribution is -1.91. The van der Waals surface area contributed by atoms with Gasteiger partial charge in [0.25, 0.3) is 0 Å². The van der Waals surface area contributed by atoms with Crippen LogP contribution < -0.4 is 0 Å². The van der Waals surface area contributed by atoms with E-state index < -0.39 is 0 Å². The van der Waals surface area contributed by atoms with Crippen molar-refractivity contribution in [3.63, 3.8) is 0 Å². The largest absolute Gasteiger partial charge is 0.456 e. The Bertz CT molecular complexity index is 2710. The van der Waals surface area contributed by atoms with Crippen LogP contribution in [0.15, 0.2) is 162 Å². The van der Waals surface area contributed by atoms with Crippen molar-refractivity contribution in [3.8, 4) is 33.4 Å². The lowest BCUT2D eigenvalue weighted by Gasteiger charge is -2.18. The van der Waals surface area contributed by atoms with Gasteiger partial charge in [-0.2, -0.15) is 0 Å². The van der Waals surface area contributed by atoms with Gasteiger partial charge in [-0.1, -0.05) is 127 Å². The third-order valence-corrected chi connectivity index (χ3v) is 8.52. The minimum Gasteiger partial charge on any atom is -0.456 e. The minimum absolute atomic E-state index is 0.200. The van der Waals surface area contributed by atoms with E-state index in [0.717, 1.165) is 76.5 Å². The second-order valence-electron chi connectivity index (χ2n) is 10.9. The van der Waals surface area contributed by atoms with Gasteiger partial charge in [-0.25, -0.2) is 0 Å². The van der Waals surface area contributed by atoms with E-state index in [1.54, 1.807) is 0 Å². The van der Waals surface area contributed by atoms with Crippen LogP contribution in [0.3, 0.4) is 0 Å². The standard InChI is InChI=1S/C42H26O/c1-2-10-27(11-3-1)28-18-19-30-25-31(21-20-29(30)24-28)41-35-13-4-6-15-37(35)42(38-16-7-5-14-36(38)41)32-22-23-34-33-12-8-9-17-39(33)43-40(34)26-32/h1-26H/i1D,2D,3D,10D,11D. The lowest BCUT2D eigenvalue weighted by molar-refractivity contribution is 0.669. The van der Waals surface area contributed by atoms with Crippen molar-refractivity contribution < 1.29 is 11.3 Å². The van der Waals surface area contributed by atoms with E-state index in [1.807, 2.05) is 36.4 Å². The van der Waals surface area contributed by atoms with Crippen molar-refractivity contribution >= 4 is 54.3 Å². The van der Waals surface area contributed by atoms with E-state index in [9.17, 15) is 0 Å². The quantitative estimate of drug-likeness (QED) is 0.199. The summed E-state index contributed by atoms with van der Waals surface area (Å²) in [7, 11) is 0. The van der Waals surface area contributed by atoms with Gasteiger partial charge in [-0.05, 0) is 96.0 Å². The van der Waals surface area contributed by atoms with Gasteiger partial charge in [0, 0.05) is 10.8 Å². The molecule has 9 rings (SSSR count). The van der Waals surface area contributed by atoms with Crippen LogP contribution in [0.2, 0.25) is 0 Å². The van der Waals surface area contributed by atoms with Gasteiger partial charge >= 0.3 is 0 Å². The molecule has 200 valence electrons. The van der Waals surface area contributed by atoms with Crippen LogP contribution in [0.25, 0.3) is 87.6 Å². The summed E-state index contributed by atoms with van der Waals surface area (Å²) in [5.41, 5.74) is 7.02. The van der Waals surface area contributed by atoms with E-state index >= 15 is 0 Å². The summed E-state index contributed by atoms with van der Waals surface area (Å²) in [6.07, 6.45) is 0. The van der Waals surface area contributed by atoms with Crippen LogP contribution in [0, 0.1) is 0 Å². The van der Waals surface area contributed by atoms with E-state index in [1.165, 1.54) is 0 Å². The normalized spacial score (nSPS) is 13.3. The molecule has 0 unspecified atom stereocenters. The highest BCUT2D eigenvalue weighted by atomic mass is 16.3. The number of hydrogen-bond donors (Lipinski definition) is 0. The maximum atomic E-state index is 8.45. The van der Waals surface area contributed by atoms with Crippen molar-refractivity contribution in [2.45, 2.75) is 0 Å². The second-order valence-corrected chi connectivity index (χ2v) is 10.9. The molecule has 9 aromatic rings. The topological polar surface area (TPSA) is 13.1 Å². The molecule has 0 N–H and O–H groups in total. The first kappa shape index (κ1) is 19.5. The molecule has 0 aliphatic rings. The Morgan fingerprint density at radius 3 is 1.51 bits per heavy atom. The van der Waals surface area contributed by atoms with Gasteiger partial charge < -0.3 is 4.42 Å². The predicted molar refractivity (Wildman–Crippen MR) is 183 cm³/mol. The molecule has 43 heavy (non-hydrogen) atoms. The van der Waals surface area contributed by atoms with Crippen molar-refractivity contribution in [1.82, 2.24) is 0 Å². The van der Waals surface area contributed by atoms with Crippen LogP contribution in [-0.2, 0) is 0 Å². The Morgan fingerprint density at radius 2 is 0.860 bits per heavy atom. The third kappa shape index (κ3) is 3.79. The van der Waals surface area contributed by atoms with Crippen molar-refractivity contribution in [3.05, 3.63) is 158 Å². The molecule has 0 bridgehead atoms. The van der Waals surface area contributed by atoms with Gasteiger partial charge in [-0.15, -0.1) is 0 Å². The van der Waals surface area contributed by atoms with Crippen LogP contribution in [-0.4, -0.2) is 0 Å². The molecule has 0 fully saturated rings. The average molecular weight is 552 g/mol. The van der Waals surface area contributed by atoms with Gasteiger partial charge in [0.2, 0.25) is 0 Å². The van der Waals surface area contributed by atoms with E-state index in [4.69, 9.17) is 11.3 Å². The van der Waals surface area contributed by atoms with Crippen LogP contribution >= 0.6 is 0 Å². The Labute approximate surface area is 256 Å². The Balaban J connectivity index is 1.24. The number of rotatable bonds is 3. The molecular weight excluding hydrogens is 520 g/mol. The van der Waals surface area contributed by atoms with Crippen molar-refractivity contribution in [2.75, 3.05) is 0 Å². The number of fused-ring (bicyclic) bond motifs is 6. The Morgan fingerprint density at radius 1 is 0.372 bits per heavy atom. The van der Waals surface area contributed by atoms with Crippen molar-refractivity contribution in [2.24, 2.45) is 0 Å².